The summed E-state index contributed by atoms with van der Waals surface area (Å²) in [4.78, 5) is 12.6. The van der Waals surface area contributed by atoms with Crippen LogP contribution in [0.2, 0.25) is 0 Å². The fourth-order valence-corrected chi connectivity index (χ4v) is 5.51. The summed E-state index contributed by atoms with van der Waals surface area (Å²) in [5.41, 5.74) is 1.18. The van der Waals surface area contributed by atoms with Gasteiger partial charge in [-0.1, -0.05) is 24.6 Å². The first kappa shape index (κ1) is 19.9. The predicted octanol–water partition coefficient (Wildman–Crippen LogP) is 3.71. The number of carbonyl (C=O) groups is 1. The van der Waals surface area contributed by atoms with E-state index in [2.05, 4.69) is 5.32 Å². The summed E-state index contributed by atoms with van der Waals surface area (Å²) in [6, 6.07) is 12.8. The van der Waals surface area contributed by atoms with Crippen molar-refractivity contribution in [3.8, 4) is 0 Å². The maximum atomic E-state index is 14.0. The number of hydrogen-bond donors (Lipinski definition) is 1. The van der Waals surface area contributed by atoms with Gasteiger partial charge in [0.1, 0.15) is 5.82 Å². The van der Waals surface area contributed by atoms with Crippen LogP contribution in [0, 0.1) is 17.7 Å². The number of halogens is 1. The number of nitrogens with one attached hydrogen (secondary N) is 1. The topological polar surface area (TPSA) is 66.5 Å². The molecule has 154 valence electrons. The number of anilines is 1. The molecule has 2 aromatic carbocycles. The molecule has 2 saturated carbocycles. The second-order valence-electron chi connectivity index (χ2n) is 8.16. The van der Waals surface area contributed by atoms with Crippen LogP contribution >= 0.6 is 0 Å². The van der Waals surface area contributed by atoms with E-state index >= 15 is 0 Å². The third kappa shape index (κ3) is 4.29. The van der Waals surface area contributed by atoms with E-state index in [1.54, 1.807) is 42.5 Å². The van der Waals surface area contributed by atoms with Crippen molar-refractivity contribution in [2.45, 2.75) is 38.3 Å². The molecular weight excluding hydrogens is 391 g/mol. The van der Waals surface area contributed by atoms with E-state index in [-0.39, 0.29) is 24.1 Å². The van der Waals surface area contributed by atoms with Gasteiger partial charge in [-0.25, -0.2) is 12.8 Å². The lowest BCUT2D eigenvalue weighted by atomic mass is 9.95. The van der Waals surface area contributed by atoms with Gasteiger partial charge in [-0.05, 0) is 61.4 Å². The first-order valence-corrected chi connectivity index (χ1v) is 11.8. The van der Waals surface area contributed by atoms with Crippen LogP contribution < -0.4 is 9.62 Å². The van der Waals surface area contributed by atoms with Gasteiger partial charge in [0.2, 0.25) is 10.0 Å². The van der Waals surface area contributed by atoms with Gasteiger partial charge in [0, 0.05) is 17.2 Å². The fourth-order valence-electron chi connectivity index (χ4n) is 4.63. The third-order valence-electron chi connectivity index (χ3n) is 6.14. The molecule has 0 spiro atoms. The molecule has 0 aromatic heterocycles. The van der Waals surface area contributed by atoms with Crippen molar-refractivity contribution in [2.24, 2.45) is 11.8 Å². The van der Waals surface area contributed by atoms with E-state index in [1.807, 2.05) is 0 Å². The Labute approximate surface area is 171 Å². The lowest BCUT2D eigenvalue weighted by Crippen LogP contribution is -2.38. The molecule has 7 heteroatoms. The molecule has 29 heavy (non-hydrogen) atoms. The second-order valence-corrected chi connectivity index (χ2v) is 10.1. The maximum absolute atomic E-state index is 14.0. The highest BCUT2D eigenvalue weighted by molar-refractivity contribution is 7.92. The number of fused-ring (bicyclic) bond motifs is 2. The normalized spacial score (nSPS) is 23.2. The Hall–Kier alpha value is -2.41. The van der Waals surface area contributed by atoms with Crippen LogP contribution in [0.5, 0.6) is 0 Å². The van der Waals surface area contributed by atoms with Gasteiger partial charge >= 0.3 is 0 Å². The second kappa shape index (κ2) is 7.78. The van der Waals surface area contributed by atoms with Gasteiger partial charge in [-0.3, -0.25) is 9.10 Å². The molecule has 2 bridgehead atoms. The summed E-state index contributed by atoms with van der Waals surface area (Å²) in [7, 11) is -3.62. The van der Waals surface area contributed by atoms with Gasteiger partial charge in [-0.15, -0.1) is 0 Å². The Morgan fingerprint density at radius 1 is 1.10 bits per heavy atom. The number of rotatable bonds is 6. The predicted molar refractivity (Wildman–Crippen MR) is 111 cm³/mol. The number of amides is 1. The smallest absolute Gasteiger partial charge is 0.251 e. The van der Waals surface area contributed by atoms with Crippen molar-refractivity contribution in [1.29, 1.82) is 0 Å². The van der Waals surface area contributed by atoms with Crippen molar-refractivity contribution in [3.05, 3.63) is 65.5 Å². The van der Waals surface area contributed by atoms with Crippen LogP contribution in [0.15, 0.2) is 48.5 Å². The average molecular weight is 417 g/mol. The van der Waals surface area contributed by atoms with Crippen molar-refractivity contribution >= 4 is 21.6 Å². The number of nitrogens with zero attached hydrogens (tertiary/aromatic N) is 1. The molecule has 0 radical (unpaired) electrons. The Morgan fingerprint density at radius 2 is 1.83 bits per heavy atom. The van der Waals surface area contributed by atoms with E-state index in [1.165, 1.54) is 25.3 Å². The van der Waals surface area contributed by atoms with Crippen LogP contribution in [-0.4, -0.2) is 26.6 Å². The molecule has 0 aliphatic heterocycles. The van der Waals surface area contributed by atoms with E-state index in [0.29, 0.717) is 17.2 Å². The quantitative estimate of drug-likeness (QED) is 0.781. The van der Waals surface area contributed by atoms with Crippen molar-refractivity contribution in [1.82, 2.24) is 5.32 Å². The number of sulfonamides is 1. The average Bonchev–Trinajstić information content (AvgIpc) is 3.30. The fraction of sp³-hybridized carbons (Fsp3) is 0.409. The van der Waals surface area contributed by atoms with E-state index < -0.39 is 15.8 Å². The van der Waals surface area contributed by atoms with E-state index in [9.17, 15) is 17.6 Å². The molecule has 0 saturated heterocycles. The summed E-state index contributed by atoms with van der Waals surface area (Å²) in [5.74, 6) is 0.746. The zero-order valence-electron chi connectivity index (χ0n) is 16.3. The molecule has 2 aromatic rings. The number of hydrogen-bond acceptors (Lipinski definition) is 3. The van der Waals surface area contributed by atoms with E-state index in [4.69, 9.17) is 0 Å². The van der Waals surface area contributed by atoms with Crippen molar-refractivity contribution in [2.75, 3.05) is 10.6 Å². The van der Waals surface area contributed by atoms with Crippen molar-refractivity contribution < 1.29 is 17.6 Å². The lowest BCUT2D eigenvalue weighted by molar-refractivity contribution is 0.0923. The molecule has 2 aliphatic carbocycles. The number of carbonyl (C=O) groups excluding carboxylic acids is 1. The molecule has 2 fully saturated rings. The summed E-state index contributed by atoms with van der Waals surface area (Å²) < 4.78 is 39.7. The van der Waals surface area contributed by atoms with E-state index in [0.717, 1.165) is 22.9 Å². The summed E-state index contributed by atoms with van der Waals surface area (Å²) in [6.07, 6.45) is 5.81. The largest absolute Gasteiger partial charge is 0.349 e. The third-order valence-corrected chi connectivity index (χ3v) is 7.28. The maximum Gasteiger partial charge on any atom is 0.251 e. The molecule has 1 amide bonds. The highest BCUT2D eigenvalue weighted by Gasteiger charge is 2.40. The lowest BCUT2D eigenvalue weighted by Gasteiger charge is -2.24. The molecule has 2 aliphatic rings. The molecule has 4 rings (SSSR count). The molecule has 5 nitrogen and oxygen atoms in total. The van der Waals surface area contributed by atoms with Gasteiger partial charge in [0.25, 0.3) is 5.91 Å². The summed E-state index contributed by atoms with van der Waals surface area (Å²) >= 11 is 0. The van der Waals surface area contributed by atoms with Crippen LogP contribution in [0.3, 0.4) is 0 Å². The van der Waals surface area contributed by atoms with Gasteiger partial charge in [0.05, 0.1) is 18.5 Å². The first-order chi connectivity index (χ1) is 13.8. The minimum atomic E-state index is -3.62. The standard InChI is InChI=1S/C22H25FN2O3S/c1-29(27,28)25(14-18-4-2-3-5-20(18)23)19-10-8-16(9-11-19)22(26)24-21-13-15-6-7-17(21)12-15/h2-5,8-11,15,17,21H,6-7,12-14H2,1H3,(H,24,26)/t15-,17-,21+/m0/s1. The van der Waals surface area contributed by atoms with Crippen LogP contribution in [0.25, 0.3) is 0 Å². The van der Waals surface area contributed by atoms with Gasteiger partial charge in [0.15, 0.2) is 0 Å². The molecule has 3 atom stereocenters. The number of benzene rings is 2. The van der Waals surface area contributed by atoms with Crippen molar-refractivity contribution in [3.63, 3.8) is 0 Å². The Morgan fingerprint density at radius 3 is 2.41 bits per heavy atom. The first-order valence-electron chi connectivity index (χ1n) is 9.93. The zero-order valence-corrected chi connectivity index (χ0v) is 17.2. The Bertz CT molecular complexity index is 1010. The van der Waals surface area contributed by atoms with Gasteiger partial charge in [-0.2, -0.15) is 0 Å². The molecule has 0 heterocycles. The summed E-state index contributed by atoms with van der Waals surface area (Å²) in [5, 5.41) is 3.13. The van der Waals surface area contributed by atoms with Crippen LogP contribution in [0.4, 0.5) is 10.1 Å². The van der Waals surface area contributed by atoms with Gasteiger partial charge < -0.3 is 5.32 Å². The molecule has 0 unspecified atom stereocenters. The minimum absolute atomic E-state index is 0.109. The SMILES string of the molecule is CS(=O)(=O)N(Cc1ccccc1F)c1ccc(C(=O)N[C@@H]2C[C@H]3CC[C@H]2C3)cc1. The highest BCUT2D eigenvalue weighted by atomic mass is 32.2. The van der Waals surface area contributed by atoms with Crippen LogP contribution in [0.1, 0.15) is 41.6 Å². The van der Waals surface area contributed by atoms with Crippen LogP contribution in [-0.2, 0) is 16.6 Å². The monoisotopic (exact) mass is 416 g/mol. The Kier molecular flexibility index (Phi) is 5.34. The molecular formula is C22H25FN2O3S. The zero-order chi connectivity index (χ0) is 20.6. The minimum Gasteiger partial charge on any atom is -0.349 e. The summed E-state index contributed by atoms with van der Waals surface area (Å²) in [6.45, 7) is -0.109. The Balaban J connectivity index is 1.50. The molecule has 1 N–H and O–H groups in total. The highest BCUT2D eigenvalue weighted by Crippen LogP contribution is 2.44.